The molecule has 0 aliphatic rings. The Hall–Kier alpha value is -1.52. The van der Waals surface area contributed by atoms with Crippen molar-refractivity contribution in [1.29, 1.82) is 0 Å². The summed E-state index contributed by atoms with van der Waals surface area (Å²) in [5, 5.41) is 2.99. The molecule has 2 heterocycles. The fourth-order valence-corrected chi connectivity index (χ4v) is 3.08. The van der Waals surface area contributed by atoms with Gasteiger partial charge in [0.25, 0.3) is 0 Å². The van der Waals surface area contributed by atoms with Crippen molar-refractivity contribution >= 4 is 27.3 Å². The monoisotopic (exact) mass is 316 g/mol. The van der Waals surface area contributed by atoms with Crippen LogP contribution in [-0.2, 0) is 0 Å². The largest absolute Gasteiger partial charge is 0.253 e. The van der Waals surface area contributed by atoms with Crippen molar-refractivity contribution in [2.24, 2.45) is 0 Å². The Kier molecular flexibility index (Phi) is 3.21. The predicted octanol–water partition coefficient (Wildman–Crippen LogP) is 4.63. The third kappa shape index (κ3) is 2.21. The molecule has 0 aliphatic heterocycles. The summed E-state index contributed by atoms with van der Waals surface area (Å²) in [5.74, 6) is 0. The summed E-state index contributed by atoms with van der Waals surface area (Å²) in [7, 11) is 0. The van der Waals surface area contributed by atoms with Crippen LogP contribution in [0.2, 0.25) is 0 Å². The van der Waals surface area contributed by atoms with Crippen molar-refractivity contribution in [3.63, 3.8) is 0 Å². The van der Waals surface area contributed by atoms with E-state index in [-0.39, 0.29) is 0 Å². The summed E-state index contributed by atoms with van der Waals surface area (Å²) in [6.45, 7) is 0. The van der Waals surface area contributed by atoms with Crippen LogP contribution in [0.5, 0.6) is 0 Å². The first-order valence-electron chi connectivity index (χ1n) is 5.46. The maximum Gasteiger partial charge on any atom is 0.143 e. The van der Waals surface area contributed by atoms with Gasteiger partial charge in [0.1, 0.15) is 10.7 Å². The number of rotatable bonds is 2. The van der Waals surface area contributed by atoms with E-state index in [1.54, 1.807) is 17.5 Å². The van der Waals surface area contributed by atoms with Gasteiger partial charge < -0.3 is 0 Å². The highest BCUT2D eigenvalue weighted by atomic mass is 79.9. The molecule has 0 N–H and O–H groups in total. The van der Waals surface area contributed by atoms with Crippen LogP contribution < -0.4 is 0 Å². The number of halogens is 1. The Morgan fingerprint density at radius 1 is 1.00 bits per heavy atom. The molecule has 0 fully saturated rings. The molecule has 3 rings (SSSR count). The van der Waals surface area contributed by atoms with Crippen LogP contribution in [0.25, 0.3) is 22.0 Å². The zero-order valence-electron chi connectivity index (χ0n) is 9.38. The standard InChI is InChI=1S/C14H9BrN2S/c15-11-7-4-8-16-13(11)14-17-12(9-18-14)10-5-2-1-3-6-10/h1-9H. The first kappa shape index (κ1) is 11.6. The van der Waals surface area contributed by atoms with Crippen molar-refractivity contribution in [2.45, 2.75) is 0 Å². The van der Waals surface area contributed by atoms with E-state index in [2.05, 4.69) is 43.4 Å². The SMILES string of the molecule is Brc1cccnc1-c1nc(-c2ccccc2)cs1. The zero-order chi connectivity index (χ0) is 12.4. The molecule has 1 aromatic carbocycles. The first-order chi connectivity index (χ1) is 8.84. The predicted molar refractivity (Wildman–Crippen MR) is 78.5 cm³/mol. The van der Waals surface area contributed by atoms with E-state index < -0.39 is 0 Å². The molecule has 2 aromatic heterocycles. The quantitative estimate of drug-likeness (QED) is 0.688. The Balaban J connectivity index is 2.03. The smallest absolute Gasteiger partial charge is 0.143 e. The lowest BCUT2D eigenvalue weighted by atomic mass is 10.2. The number of thiazole rings is 1. The van der Waals surface area contributed by atoms with Crippen LogP contribution in [0.1, 0.15) is 0 Å². The molecule has 0 saturated carbocycles. The second kappa shape index (κ2) is 5.00. The topological polar surface area (TPSA) is 25.8 Å². The molecule has 0 atom stereocenters. The second-order valence-corrected chi connectivity index (χ2v) is 5.45. The molecule has 0 aliphatic carbocycles. The van der Waals surface area contributed by atoms with Crippen LogP contribution >= 0.6 is 27.3 Å². The van der Waals surface area contributed by atoms with Gasteiger partial charge in [-0.3, -0.25) is 4.98 Å². The molecule has 0 radical (unpaired) electrons. The van der Waals surface area contributed by atoms with E-state index in [0.29, 0.717) is 0 Å². The number of benzene rings is 1. The zero-order valence-corrected chi connectivity index (χ0v) is 11.8. The van der Waals surface area contributed by atoms with Gasteiger partial charge in [0.2, 0.25) is 0 Å². The second-order valence-electron chi connectivity index (χ2n) is 3.74. The van der Waals surface area contributed by atoms with E-state index in [4.69, 9.17) is 0 Å². The molecule has 0 spiro atoms. The minimum atomic E-state index is 0.893. The first-order valence-corrected chi connectivity index (χ1v) is 7.14. The number of nitrogens with zero attached hydrogens (tertiary/aromatic N) is 2. The Morgan fingerprint density at radius 3 is 2.61 bits per heavy atom. The van der Waals surface area contributed by atoms with Gasteiger partial charge in [-0.15, -0.1) is 11.3 Å². The number of hydrogen-bond donors (Lipinski definition) is 0. The number of pyridine rings is 1. The summed E-state index contributed by atoms with van der Waals surface area (Å²) in [5.41, 5.74) is 3.02. The lowest BCUT2D eigenvalue weighted by molar-refractivity contribution is 1.28. The molecular formula is C14H9BrN2S. The Bertz CT molecular complexity index is 664. The Morgan fingerprint density at radius 2 is 1.83 bits per heavy atom. The van der Waals surface area contributed by atoms with Crippen molar-refractivity contribution < 1.29 is 0 Å². The average Bonchev–Trinajstić information content (AvgIpc) is 2.90. The minimum Gasteiger partial charge on any atom is -0.253 e. The van der Waals surface area contributed by atoms with E-state index in [1.807, 2.05) is 30.3 Å². The number of hydrogen-bond acceptors (Lipinski definition) is 3. The van der Waals surface area contributed by atoms with Gasteiger partial charge in [-0.25, -0.2) is 4.98 Å². The highest BCUT2D eigenvalue weighted by Gasteiger charge is 2.09. The molecule has 0 bridgehead atoms. The summed E-state index contributed by atoms with van der Waals surface area (Å²) in [6.07, 6.45) is 1.78. The fraction of sp³-hybridized carbons (Fsp3) is 0. The van der Waals surface area contributed by atoms with Gasteiger partial charge >= 0.3 is 0 Å². The summed E-state index contributed by atoms with van der Waals surface area (Å²) < 4.78 is 0.971. The molecule has 88 valence electrons. The summed E-state index contributed by atoms with van der Waals surface area (Å²) in [6, 6.07) is 14.0. The average molecular weight is 317 g/mol. The Labute approximate surface area is 117 Å². The normalized spacial score (nSPS) is 10.5. The molecule has 0 saturated heterocycles. The third-order valence-electron chi connectivity index (χ3n) is 2.53. The summed E-state index contributed by atoms with van der Waals surface area (Å²) in [4.78, 5) is 8.99. The van der Waals surface area contributed by atoms with E-state index >= 15 is 0 Å². The lowest BCUT2D eigenvalue weighted by Gasteiger charge is -1.98. The van der Waals surface area contributed by atoms with Crippen molar-refractivity contribution in [1.82, 2.24) is 9.97 Å². The van der Waals surface area contributed by atoms with Crippen molar-refractivity contribution in [3.8, 4) is 22.0 Å². The lowest BCUT2D eigenvalue weighted by Crippen LogP contribution is -1.84. The van der Waals surface area contributed by atoms with Crippen molar-refractivity contribution in [3.05, 3.63) is 58.5 Å². The number of aromatic nitrogens is 2. The fourth-order valence-electron chi connectivity index (χ4n) is 1.67. The van der Waals surface area contributed by atoms with E-state index in [9.17, 15) is 0 Å². The van der Waals surface area contributed by atoms with Gasteiger partial charge in [0, 0.05) is 21.6 Å². The molecule has 0 amide bonds. The van der Waals surface area contributed by atoms with Gasteiger partial charge in [-0.05, 0) is 28.1 Å². The van der Waals surface area contributed by atoms with Gasteiger partial charge in [0.05, 0.1) is 5.69 Å². The van der Waals surface area contributed by atoms with Crippen LogP contribution in [0.4, 0.5) is 0 Å². The molecule has 3 aromatic rings. The van der Waals surface area contributed by atoms with Gasteiger partial charge in [-0.2, -0.15) is 0 Å². The molecule has 4 heteroatoms. The van der Waals surface area contributed by atoms with Crippen LogP contribution in [0.15, 0.2) is 58.5 Å². The highest BCUT2D eigenvalue weighted by molar-refractivity contribution is 9.10. The molecule has 18 heavy (non-hydrogen) atoms. The van der Waals surface area contributed by atoms with E-state index in [0.717, 1.165) is 26.4 Å². The van der Waals surface area contributed by atoms with Gasteiger partial charge in [0.15, 0.2) is 0 Å². The highest BCUT2D eigenvalue weighted by Crippen LogP contribution is 2.31. The van der Waals surface area contributed by atoms with Crippen LogP contribution in [0.3, 0.4) is 0 Å². The molecular weight excluding hydrogens is 308 g/mol. The van der Waals surface area contributed by atoms with E-state index in [1.165, 1.54) is 0 Å². The van der Waals surface area contributed by atoms with Gasteiger partial charge in [-0.1, -0.05) is 30.3 Å². The maximum absolute atomic E-state index is 4.64. The maximum atomic E-state index is 4.64. The molecule has 2 nitrogen and oxygen atoms in total. The minimum absolute atomic E-state index is 0.893. The van der Waals surface area contributed by atoms with Crippen LogP contribution in [-0.4, -0.2) is 9.97 Å². The van der Waals surface area contributed by atoms with Crippen LogP contribution in [0, 0.1) is 0 Å². The molecule has 0 unspecified atom stereocenters. The van der Waals surface area contributed by atoms with Crippen molar-refractivity contribution in [2.75, 3.05) is 0 Å². The summed E-state index contributed by atoms with van der Waals surface area (Å²) >= 11 is 5.11. The third-order valence-corrected chi connectivity index (χ3v) is 4.02.